The predicted octanol–water partition coefficient (Wildman–Crippen LogP) is 6.73. The molecule has 0 saturated heterocycles. The summed E-state index contributed by atoms with van der Waals surface area (Å²) in [5.41, 5.74) is 7.00. The molecule has 0 fully saturated rings. The molecule has 1 aliphatic heterocycles. The van der Waals surface area contributed by atoms with E-state index in [4.69, 9.17) is 9.98 Å². The summed E-state index contributed by atoms with van der Waals surface area (Å²) >= 11 is 0. The van der Waals surface area contributed by atoms with Crippen LogP contribution in [0.2, 0.25) is 0 Å². The Labute approximate surface area is 191 Å². The Hall–Kier alpha value is -3.72. The minimum atomic E-state index is -0.246. The van der Waals surface area contributed by atoms with Gasteiger partial charge >= 0.3 is 0 Å². The third-order valence-corrected chi connectivity index (χ3v) is 5.65. The van der Waals surface area contributed by atoms with Crippen LogP contribution in [0, 0.1) is 0 Å². The predicted molar refractivity (Wildman–Crippen MR) is 138 cm³/mol. The summed E-state index contributed by atoms with van der Waals surface area (Å²) in [5, 5.41) is 3.36. The molecular weight excluding hydrogens is 390 g/mol. The standard InChI is InChI=1S/C29H29N3/c1-4-23(24-12-7-5-8-13-24)19-18-21(2)28-30-22(3)31-29(32-28)27-17-11-16-26(20-27)25-14-9-6-10-15-25/h4-9,11-14,16-20,28H,1,10,15H2,2-3H3,(H,30,31,32)/b21-18+,23-19+. The average Bonchev–Trinajstić information content (AvgIpc) is 2.85. The van der Waals surface area contributed by atoms with Crippen molar-refractivity contribution in [3.05, 3.63) is 120 Å². The number of amidine groups is 2. The van der Waals surface area contributed by atoms with Crippen molar-refractivity contribution < 1.29 is 0 Å². The fourth-order valence-electron chi connectivity index (χ4n) is 3.85. The first-order valence-electron chi connectivity index (χ1n) is 11.1. The molecule has 3 nitrogen and oxygen atoms in total. The van der Waals surface area contributed by atoms with E-state index in [1.54, 1.807) is 0 Å². The zero-order valence-electron chi connectivity index (χ0n) is 18.8. The first kappa shape index (κ1) is 21.5. The number of allylic oxidation sites excluding steroid dienone is 8. The van der Waals surface area contributed by atoms with Crippen LogP contribution in [0.1, 0.15) is 43.4 Å². The van der Waals surface area contributed by atoms with Crippen LogP contribution in [-0.4, -0.2) is 17.8 Å². The van der Waals surface area contributed by atoms with Crippen molar-refractivity contribution in [2.24, 2.45) is 9.98 Å². The number of aliphatic imine (C=N–C) groups is 2. The van der Waals surface area contributed by atoms with Crippen molar-refractivity contribution >= 4 is 22.8 Å². The molecular formula is C29H29N3. The Kier molecular flexibility index (Phi) is 6.76. The largest absolute Gasteiger partial charge is 0.329 e. The Morgan fingerprint density at radius 3 is 2.59 bits per heavy atom. The zero-order chi connectivity index (χ0) is 22.3. The summed E-state index contributed by atoms with van der Waals surface area (Å²) in [4.78, 5) is 9.65. The molecule has 3 heteroatoms. The van der Waals surface area contributed by atoms with Crippen molar-refractivity contribution in [2.45, 2.75) is 32.9 Å². The lowest BCUT2D eigenvalue weighted by Crippen LogP contribution is -2.35. The minimum absolute atomic E-state index is 0.246. The van der Waals surface area contributed by atoms with Crippen molar-refractivity contribution in [3.8, 4) is 0 Å². The van der Waals surface area contributed by atoms with Gasteiger partial charge in [-0.05, 0) is 60.6 Å². The average molecular weight is 420 g/mol. The molecule has 1 aliphatic carbocycles. The topological polar surface area (TPSA) is 36.8 Å². The Morgan fingerprint density at radius 1 is 1.03 bits per heavy atom. The molecule has 0 aromatic heterocycles. The van der Waals surface area contributed by atoms with Gasteiger partial charge in [0.1, 0.15) is 11.7 Å². The third-order valence-electron chi connectivity index (χ3n) is 5.65. The number of hydrogen-bond donors (Lipinski definition) is 1. The molecule has 0 amide bonds. The van der Waals surface area contributed by atoms with E-state index in [-0.39, 0.29) is 6.17 Å². The van der Waals surface area contributed by atoms with E-state index in [9.17, 15) is 0 Å². The van der Waals surface area contributed by atoms with Gasteiger partial charge in [0.2, 0.25) is 0 Å². The molecule has 1 N–H and O–H groups in total. The Balaban J connectivity index is 1.61. The minimum Gasteiger partial charge on any atom is -0.329 e. The lowest BCUT2D eigenvalue weighted by Gasteiger charge is -2.21. The van der Waals surface area contributed by atoms with Gasteiger partial charge in [-0.2, -0.15) is 0 Å². The maximum absolute atomic E-state index is 4.93. The smallest absolute Gasteiger partial charge is 0.165 e. The third kappa shape index (κ3) is 5.12. The quantitative estimate of drug-likeness (QED) is 0.518. The van der Waals surface area contributed by atoms with Gasteiger partial charge in [0.05, 0.1) is 0 Å². The highest BCUT2D eigenvalue weighted by molar-refractivity contribution is 6.10. The van der Waals surface area contributed by atoms with Gasteiger partial charge in [0, 0.05) is 5.56 Å². The molecule has 4 rings (SSSR count). The Bertz CT molecular complexity index is 1170. The maximum Gasteiger partial charge on any atom is 0.165 e. The van der Waals surface area contributed by atoms with E-state index in [0.717, 1.165) is 46.8 Å². The van der Waals surface area contributed by atoms with Crippen LogP contribution < -0.4 is 5.32 Å². The highest BCUT2D eigenvalue weighted by atomic mass is 15.2. The number of nitrogens with zero attached hydrogens (tertiary/aromatic N) is 2. The molecule has 0 radical (unpaired) electrons. The van der Waals surface area contributed by atoms with Crippen LogP contribution in [0.5, 0.6) is 0 Å². The number of nitrogens with one attached hydrogen (secondary N) is 1. The zero-order valence-corrected chi connectivity index (χ0v) is 18.8. The van der Waals surface area contributed by atoms with Crippen LogP contribution in [0.3, 0.4) is 0 Å². The number of hydrogen-bond acceptors (Lipinski definition) is 3. The van der Waals surface area contributed by atoms with Crippen LogP contribution in [0.25, 0.3) is 11.1 Å². The van der Waals surface area contributed by atoms with E-state index in [2.05, 4.69) is 85.6 Å². The molecule has 1 heterocycles. The van der Waals surface area contributed by atoms with Crippen molar-refractivity contribution in [3.63, 3.8) is 0 Å². The van der Waals surface area contributed by atoms with Gasteiger partial charge in [0.15, 0.2) is 6.17 Å². The van der Waals surface area contributed by atoms with E-state index < -0.39 is 0 Å². The fraction of sp³-hybridized carbons (Fsp3) is 0.172. The second-order valence-corrected chi connectivity index (χ2v) is 8.03. The van der Waals surface area contributed by atoms with Crippen LogP contribution >= 0.6 is 0 Å². The molecule has 0 spiro atoms. The summed E-state index contributed by atoms with van der Waals surface area (Å²) in [6.07, 6.45) is 14.5. The lowest BCUT2D eigenvalue weighted by molar-refractivity contribution is 0.794. The highest BCUT2D eigenvalue weighted by Crippen LogP contribution is 2.25. The molecule has 2 aromatic carbocycles. The second kappa shape index (κ2) is 10.1. The molecule has 1 atom stereocenters. The Morgan fingerprint density at radius 2 is 1.84 bits per heavy atom. The van der Waals surface area contributed by atoms with Crippen LogP contribution in [-0.2, 0) is 0 Å². The molecule has 0 bridgehead atoms. The van der Waals surface area contributed by atoms with E-state index in [1.807, 2.05) is 31.2 Å². The lowest BCUT2D eigenvalue weighted by atomic mass is 9.96. The molecule has 0 saturated carbocycles. The fourth-order valence-corrected chi connectivity index (χ4v) is 3.85. The van der Waals surface area contributed by atoms with Gasteiger partial charge in [-0.3, -0.25) is 0 Å². The molecule has 160 valence electrons. The first-order chi connectivity index (χ1) is 15.6. The van der Waals surface area contributed by atoms with Gasteiger partial charge in [-0.25, -0.2) is 9.98 Å². The number of rotatable bonds is 6. The SMILES string of the molecule is C=C/C(=C\C=C(/C)C1N=C(C)NC(c2cccc(C3=CC=CCC3)c2)=N1)c1ccccc1. The summed E-state index contributed by atoms with van der Waals surface area (Å²) < 4.78 is 0. The van der Waals surface area contributed by atoms with Gasteiger partial charge in [-0.15, -0.1) is 0 Å². The van der Waals surface area contributed by atoms with Crippen molar-refractivity contribution in [1.82, 2.24) is 5.32 Å². The van der Waals surface area contributed by atoms with Gasteiger partial charge in [-0.1, -0.05) is 91.6 Å². The van der Waals surface area contributed by atoms with Crippen molar-refractivity contribution in [1.29, 1.82) is 0 Å². The maximum atomic E-state index is 4.93. The van der Waals surface area contributed by atoms with Crippen LogP contribution in [0.4, 0.5) is 0 Å². The molecule has 1 unspecified atom stereocenters. The molecule has 2 aromatic rings. The first-order valence-corrected chi connectivity index (χ1v) is 11.1. The second-order valence-electron chi connectivity index (χ2n) is 8.03. The molecule has 32 heavy (non-hydrogen) atoms. The van der Waals surface area contributed by atoms with E-state index >= 15 is 0 Å². The monoisotopic (exact) mass is 419 g/mol. The van der Waals surface area contributed by atoms with Gasteiger partial charge in [0.25, 0.3) is 0 Å². The van der Waals surface area contributed by atoms with Crippen LogP contribution in [0.15, 0.2) is 113 Å². The van der Waals surface area contributed by atoms with E-state index in [0.29, 0.717) is 0 Å². The summed E-state index contributed by atoms with van der Waals surface area (Å²) in [6, 6.07) is 18.9. The highest BCUT2D eigenvalue weighted by Gasteiger charge is 2.17. The summed E-state index contributed by atoms with van der Waals surface area (Å²) in [5.74, 6) is 1.73. The van der Waals surface area contributed by atoms with Crippen molar-refractivity contribution in [2.75, 3.05) is 0 Å². The van der Waals surface area contributed by atoms with Gasteiger partial charge < -0.3 is 5.32 Å². The normalized spacial score (nSPS) is 18.9. The molecule has 2 aliphatic rings. The summed E-state index contributed by atoms with van der Waals surface area (Å²) in [7, 11) is 0. The van der Waals surface area contributed by atoms with E-state index in [1.165, 1.54) is 11.1 Å². The number of benzene rings is 2. The summed E-state index contributed by atoms with van der Waals surface area (Å²) in [6.45, 7) is 8.03.